The molecular formula is C12H14O. The Bertz CT molecular complexity index is 315. The van der Waals surface area contributed by atoms with Crippen molar-refractivity contribution in [2.45, 2.75) is 25.4 Å². The van der Waals surface area contributed by atoms with E-state index in [1.165, 1.54) is 11.1 Å². The van der Waals surface area contributed by atoms with E-state index in [9.17, 15) is 5.11 Å². The maximum Gasteiger partial charge on any atom is 0.0583 e. The molecule has 0 spiro atoms. The molecule has 0 fully saturated rings. The average Bonchev–Trinajstić information content (AvgIpc) is 2.11. The van der Waals surface area contributed by atoms with Crippen molar-refractivity contribution in [2.75, 3.05) is 0 Å². The maximum atomic E-state index is 9.63. The molecule has 0 saturated heterocycles. The van der Waals surface area contributed by atoms with Crippen LogP contribution < -0.4 is 0 Å². The first-order chi connectivity index (χ1) is 6.36. The average molecular weight is 174 g/mol. The first-order valence-corrected chi connectivity index (χ1v) is 4.79. The number of aliphatic hydroxyl groups is 1. The molecule has 1 nitrogen and oxygen atoms in total. The molecule has 68 valence electrons. The Morgan fingerprint density at radius 3 is 3.00 bits per heavy atom. The van der Waals surface area contributed by atoms with Crippen LogP contribution in [-0.4, -0.2) is 11.2 Å². The van der Waals surface area contributed by atoms with Gasteiger partial charge in [-0.05, 0) is 30.4 Å². The highest BCUT2D eigenvalue weighted by molar-refractivity contribution is 5.54. The van der Waals surface area contributed by atoms with Gasteiger partial charge in [-0.2, -0.15) is 0 Å². The summed E-state index contributed by atoms with van der Waals surface area (Å²) in [5, 5.41) is 9.63. The van der Waals surface area contributed by atoms with Crippen LogP contribution in [0.15, 0.2) is 30.3 Å². The summed E-state index contributed by atoms with van der Waals surface area (Å²) >= 11 is 0. The third-order valence-corrected chi connectivity index (χ3v) is 2.47. The van der Waals surface area contributed by atoms with Gasteiger partial charge in [-0.25, -0.2) is 0 Å². The van der Waals surface area contributed by atoms with E-state index in [2.05, 4.69) is 24.3 Å². The predicted molar refractivity (Wildman–Crippen MR) is 54.4 cm³/mol. The van der Waals surface area contributed by atoms with Crippen molar-refractivity contribution in [3.63, 3.8) is 0 Å². The number of hydrogen-bond donors (Lipinski definition) is 1. The minimum Gasteiger partial charge on any atom is -0.393 e. The van der Waals surface area contributed by atoms with Crippen molar-refractivity contribution in [3.8, 4) is 0 Å². The van der Waals surface area contributed by atoms with Crippen LogP contribution in [0.2, 0.25) is 0 Å². The van der Waals surface area contributed by atoms with Gasteiger partial charge in [0.25, 0.3) is 0 Å². The van der Waals surface area contributed by atoms with Crippen LogP contribution in [0.25, 0.3) is 6.08 Å². The van der Waals surface area contributed by atoms with Gasteiger partial charge in [-0.3, -0.25) is 0 Å². The van der Waals surface area contributed by atoms with Crippen molar-refractivity contribution in [3.05, 3.63) is 41.5 Å². The second-order valence-corrected chi connectivity index (χ2v) is 3.54. The Labute approximate surface area is 78.7 Å². The monoisotopic (exact) mass is 174 g/mol. The van der Waals surface area contributed by atoms with Crippen LogP contribution in [0.3, 0.4) is 0 Å². The summed E-state index contributed by atoms with van der Waals surface area (Å²) in [4.78, 5) is 0. The van der Waals surface area contributed by atoms with Gasteiger partial charge in [0.15, 0.2) is 0 Å². The number of hydrogen-bond acceptors (Lipinski definition) is 1. The molecule has 0 amide bonds. The zero-order chi connectivity index (χ0) is 9.10. The van der Waals surface area contributed by atoms with Crippen LogP contribution in [0.4, 0.5) is 0 Å². The van der Waals surface area contributed by atoms with E-state index in [0.717, 1.165) is 19.3 Å². The highest BCUT2D eigenvalue weighted by Crippen LogP contribution is 2.18. The summed E-state index contributed by atoms with van der Waals surface area (Å²) in [6.45, 7) is 0. The molecule has 0 aliphatic heterocycles. The highest BCUT2D eigenvalue weighted by Gasteiger charge is 2.08. The molecule has 1 N–H and O–H groups in total. The molecule has 1 aromatic rings. The lowest BCUT2D eigenvalue weighted by Crippen LogP contribution is -2.11. The Kier molecular flexibility index (Phi) is 2.46. The molecule has 1 atom stereocenters. The highest BCUT2D eigenvalue weighted by atomic mass is 16.3. The van der Waals surface area contributed by atoms with E-state index in [4.69, 9.17) is 0 Å². The smallest absolute Gasteiger partial charge is 0.0583 e. The zero-order valence-corrected chi connectivity index (χ0v) is 7.61. The summed E-state index contributed by atoms with van der Waals surface area (Å²) in [6, 6.07) is 8.26. The fourth-order valence-corrected chi connectivity index (χ4v) is 1.74. The summed E-state index contributed by atoms with van der Waals surface area (Å²) < 4.78 is 0. The van der Waals surface area contributed by atoms with Crippen LogP contribution in [0.1, 0.15) is 24.0 Å². The molecule has 0 saturated carbocycles. The van der Waals surface area contributed by atoms with E-state index in [1.807, 2.05) is 12.1 Å². The van der Waals surface area contributed by atoms with Gasteiger partial charge in [0.2, 0.25) is 0 Å². The zero-order valence-electron chi connectivity index (χ0n) is 7.61. The Morgan fingerprint density at radius 2 is 2.08 bits per heavy atom. The lowest BCUT2D eigenvalue weighted by atomic mass is 9.96. The normalized spacial score (nSPS) is 24.2. The molecule has 1 unspecified atom stereocenters. The van der Waals surface area contributed by atoms with Crippen molar-refractivity contribution >= 4 is 6.08 Å². The van der Waals surface area contributed by atoms with Gasteiger partial charge in [0.1, 0.15) is 0 Å². The Balaban J connectivity index is 2.36. The summed E-state index contributed by atoms with van der Waals surface area (Å²) in [5.41, 5.74) is 2.51. The van der Waals surface area contributed by atoms with Crippen molar-refractivity contribution in [1.29, 1.82) is 0 Å². The third-order valence-electron chi connectivity index (χ3n) is 2.47. The number of benzene rings is 1. The van der Waals surface area contributed by atoms with E-state index in [0.29, 0.717) is 0 Å². The van der Waals surface area contributed by atoms with Crippen LogP contribution in [-0.2, 0) is 6.42 Å². The standard InChI is InChI=1S/C12H14O/c13-12-8-4-3-6-10-5-1-2-7-11(10)9-12/h1-3,5-7,12-13H,4,8-9H2/b6-3-. The lowest BCUT2D eigenvalue weighted by Gasteiger charge is -2.14. The molecule has 0 aromatic heterocycles. The molecular weight excluding hydrogens is 160 g/mol. The molecule has 1 aliphatic carbocycles. The van der Waals surface area contributed by atoms with Crippen LogP contribution >= 0.6 is 0 Å². The topological polar surface area (TPSA) is 20.2 Å². The largest absolute Gasteiger partial charge is 0.393 e. The minimum atomic E-state index is -0.175. The van der Waals surface area contributed by atoms with Crippen molar-refractivity contribution in [1.82, 2.24) is 0 Å². The summed E-state index contributed by atoms with van der Waals surface area (Å²) in [7, 11) is 0. The Hall–Kier alpha value is -1.08. The van der Waals surface area contributed by atoms with E-state index < -0.39 is 0 Å². The summed E-state index contributed by atoms with van der Waals surface area (Å²) in [5.74, 6) is 0. The fraction of sp³-hybridized carbons (Fsp3) is 0.333. The molecule has 1 aromatic carbocycles. The van der Waals surface area contributed by atoms with Crippen LogP contribution in [0.5, 0.6) is 0 Å². The first kappa shape index (κ1) is 8.52. The van der Waals surface area contributed by atoms with E-state index in [-0.39, 0.29) is 6.10 Å². The molecule has 1 aliphatic rings. The van der Waals surface area contributed by atoms with Gasteiger partial charge >= 0.3 is 0 Å². The molecule has 0 radical (unpaired) electrons. The molecule has 2 rings (SSSR count). The molecule has 1 heteroatoms. The third kappa shape index (κ3) is 1.99. The number of aliphatic hydroxyl groups excluding tert-OH is 1. The second kappa shape index (κ2) is 3.75. The van der Waals surface area contributed by atoms with Crippen LogP contribution in [0, 0.1) is 0 Å². The van der Waals surface area contributed by atoms with Gasteiger partial charge < -0.3 is 5.11 Å². The molecule has 0 bridgehead atoms. The number of fused-ring (bicyclic) bond motifs is 1. The SMILES string of the molecule is OC1CC/C=C\c2ccccc2C1. The van der Waals surface area contributed by atoms with Gasteiger partial charge in [-0.15, -0.1) is 0 Å². The minimum absolute atomic E-state index is 0.175. The van der Waals surface area contributed by atoms with Crippen molar-refractivity contribution < 1.29 is 5.11 Å². The molecule has 13 heavy (non-hydrogen) atoms. The Morgan fingerprint density at radius 1 is 1.23 bits per heavy atom. The quantitative estimate of drug-likeness (QED) is 0.640. The van der Waals surface area contributed by atoms with Gasteiger partial charge in [0, 0.05) is 0 Å². The van der Waals surface area contributed by atoms with E-state index >= 15 is 0 Å². The molecule has 0 heterocycles. The van der Waals surface area contributed by atoms with Gasteiger partial charge in [0.05, 0.1) is 6.10 Å². The number of allylic oxidation sites excluding steroid dienone is 1. The lowest BCUT2D eigenvalue weighted by molar-refractivity contribution is 0.165. The van der Waals surface area contributed by atoms with E-state index in [1.54, 1.807) is 0 Å². The maximum absolute atomic E-state index is 9.63. The van der Waals surface area contributed by atoms with Crippen molar-refractivity contribution in [2.24, 2.45) is 0 Å². The fourth-order valence-electron chi connectivity index (χ4n) is 1.74. The van der Waals surface area contributed by atoms with Gasteiger partial charge in [-0.1, -0.05) is 36.4 Å². The summed E-state index contributed by atoms with van der Waals surface area (Å²) in [6.07, 6.45) is 6.77. The second-order valence-electron chi connectivity index (χ2n) is 3.54. The predicted octanol–water partition coefficient (Wildman–Crippen LogP) is 2.40. The first-order valence-electron chi connectivity index (χ1n) is 4.79. The number of rotatable bonds is 0.